The summed E-state index contributed by atoms with van der Waals surface area (Å²) < 4.78 is 89.3. The van der Waals surface area contributed by atoms with Crippen LogP contribution < -0.4 is 0 Å². The average molecular weight is 901 g/mol. The van der Waals surface area contributed by atoms with E-state index in [2.05, 4.69) is 0 Å². The molecule has 0 N–H and O–H groups in total. The van der Waals surface area contributed by atoms with Crippen LogP contribution in [0.15, 0.2) is 0 Å². The Balaban J connectivity index is -0.000000131. The molecule has 280 valence electrons. The molecule has 0 aromatic carbocycles. The third-order valence-electron chi connectivity index (χ3n) is 3.30. The molecule has 0 spiro atoms. The van der Waals surface area contributed by atoms with E-state index in [0.717, 1.165) is 0 Å². The van der Waals surface area contributed by atoms with Crippen LogP contribution >= 0.6 is 30.4 Å². The van der Waals surface area contributed by atoms with E-state index in [0.29, 0.717) is 0 Å². The van der Waals surface area contributed by atoms with Gasteiger partial charge in [0, 0.05) is 0 Å². The Morgan fingerprint density at radius 2 is 0.447 bits per heavy atom. The molecule has 0 aromatic heterocycles. The zero-order chi connectivity index (χ0) is 37.5. The zero-order valence-corrected chi connectivity index (χ0v) is 34.6. The van der Waals surface area contributed by atoms with Crippen molar-refractivity contribution in [3.63, 3.8) is 0 Å². The van der Waals surface area contributed by atoms with Gasteiger partial charge in [0.25, 0.3) is 0 Å². The third-order valence-corrected chi connectivity index (χ3v) is 14.1. The van der Waals surface area contributed by atoms with Gasteiger partial charge in [0.1, 0.15) is 0 Å². The van der Waals surface area contributed by atoms with Crippen molar-refractivity contribution in [2.24, 2.45) is 0 Å². The molecule has 0 atom stereocenters. The molecule has 0 saturated heterocycles. The van der Waals surface area contributed by atoms with Crippen LogP contribution in [-0.2, 0) is 54.5 Å². The summed E-state index contributed by atoms with van der Waals surface area (Å²) in [6, 6.07) is 0. The second-order valence-electron chi connectivity index (χ2n) is 6.74. The van der Waals surface area contributed by atoms with Crippen molar-refractivity contribution >= 4 is 30.4 Å². The minimum absolute atomic E-state index is 0. The summed E-state index contributed by atoms with van der Waals surface area (Å²) in [5, 5.41) is 44.2. The topological polar surface area (TPSA) is 341 Å². The van der Waals surface area contributed by atoms with Gasteiger partial charge in [0.15, 0.2) is 11.8 Å². The molecule has 0 aliphatic heterocycles. The van der Waals surface area contributed by atoms with Crippen molar-refractivity contribution in [3.05, 3.63) is 46.0 Å². The van der Waals surface area contributed by atoms with E-state index >= 15 is 0 Å². The van der Waals surface area contributed by atoms with E-state index in [1.165, 1.54) is 0 Å². The van der Waals surface area contributed by atoms with E-state index in [9.17, 15) is 18.3 Å². The molecule has 0 heterocycles. The van der Waals surface area contributed by atoms with E-state index in [-0.39, 0.29) is 100 Å². The van der Waals surface area contributed by atoms with Gasteiger partial charge in [0.2, 0.25) is 0 Å². The van der Waals surface area contributed by atoms with Crippen molar-refractivity contribution in [2.75, 3.05) is 64.7 Å². The maximum atomic E-state index is 12.2. The minimum Gasteiger partial charge on any atom is -0.356 e. The third kappa shape index (κ3) is 45.4. The van der Waals surface area contributed by atoms with Gasteiger partial charge < -0.3 is 82.2 Å². The second kappa shape index (κ2) is 35.2. The van der Waals surface area contributed by atoms with E-state index in [4.69, 9.17) is 82.2 Å². The quantitative estimate of drug-likeness (QED) is 0.0741. The van der Waals surface area contributed by atoms with Gasteiger partial charge in [-0.3, -0.25) is 18.3 Å². The van der Waals surface area contributed by atoms with E-state index < -0.39 is 45.6 Å². The van der Waals surface area contributed by atoms with Crippen LogP contribution in [0, 0.1) is 81.6 Å². The minimum atomic E-state index is -3.41. The van der Waals surface area contributed by atoms with Crippen LogP contribution in [0.25, 0.3) is 0 Å². The largest absolute Gasteiger partial charge is 3.00 e. The Morgan fingerprint density at radius 3 is 0.511 bits per heavy atom. The summed E-state index contributed by atoms with van der Waals surface area (Å²) in [6.45, 7) is 15.3. The van der Waals surface area contributed by atoms with Gasteiger partial charge in [-0.15, -0.1) is 0 Å². The first-order valence-corrected chi connectivity index (χ1v) is 20.0. The molecule has 0 aromatic rings. The van der Waals surface area contributed by atoms with Gasteiger partial charge in [-0.2, -0.15) is 0 Å². The van der Waals surface area contributed by atoms with Crippen LogP contribution in [0.3, 0.4) is 0 Å². The number of hydrogen-bond donors (Lipinski definition) is 0. The summed E-state index contributed by atoms with van der Waals surface area (Å²) in [5.41, 5.74) is 0. The van der Waals surface area contributed by atoms with Crippen molar-refractivity contribution in [2.45, 2.75) is 55.4 Å². The molecule has 47 heavy (non-hydrogen) atoms. The Hall–Kier alpha value is -0.605. The molecule has 0 rings (SSSR count). The summed E-state index contributed by atoms with van der Waals surface area (Å²) in [6.07, 6.45) is 0. The smallest absolute Gasteiger partial charge is 0.356 e. The first kappa shape index (κ1) is 58.6. The molecule has 0 saturated carbocycles. The maximum Gasteiger partial charge on any atom is 3.00 e. The van der Waals surface area contributed by atoms with Crippen LogP contribution in [0.5, 0.6) is 0 Å². The molecule has 0 fully saturated rings. The number of hydrogen-bond acceptors (Lipinski definition) is 21. The number of rotatable bonds is 20. The normalized spacial score (nSPS) is 10.9. The first-order chi connectivity index (χ1) is 21.1. The molecular weight excluding hydrogens is 857 g/mol. The molecule has 0 unspecified atom stereocenters. The molecule has 0 bridgehead atoms. The Morgan fingerprint density at radius 1 is 0.362 bits per heavy atom. The van der Waals surface area contributed by atoms with Crippen molar-refractivity contribution < 1.29 is 105 Å². The predicted octanol–water partition coefficient (Wildman–Crippen LogP) is 6.23. The van der Waals surface area contributed by atoms with Gasteiger partial charge in [-0.25, -0.2) is 0 Å². The Bertz CT molecular complexity index is 800. The summed E-state index contributed by atoms with van der Waals surface area (Å²) in [4.78, 5) is 24.8. The SMILES string of the molecule is CCOP(=O)(CP(=O)(OCC)OCC)OCC.CCOP(=O)(CP(=O)(OCC)OCC)OCC.O=[N+]([O-])[O-].O=[N+]([O-])[O-].O=[N+]([O-])[O-].[La+3]. The van der Waals surface area contributed by atoms with Crippen molar-refractivity contribution in [1.82, 2.24) is 0 Å². The Kier molecular flexibility index (Phi) is 43.9. The van der Waals surface area contributed by atoms with E-state index in [1.807, 2.05) is 0 Å². The fraction of sp³-hybridized carbons (Fsp3) is 1.00. The molecule has 0 aliphatic rings. The monoisotopic (exact) mass is 901 g/mol. The van der Waals surface area contributed by atoms with E-state index in [1.54, 1.807) is 55.4 Å². The van der Waals surface area contributed by atoms with Crippen LogP contribution in [0.1, 0.15) is 55.4 Å². The first-order valence-electron chi connectivity index (χ1n) is 13.1. The Labute approximate surface area is 300 Å². The fourth-order valence-corrected chi connectivity index (χ4v) is 11.9. The number of nitrogens with zero attached hydrogens (tertiary/aromatic N) is 3. The van der Waals surface area contributed by atoms with Gasteiger partial charge in [0.05, 0.1) is 68.1 Å². The summed E-state index contributed by atoms with van der Waals surface area (Å²) >= 11 is 0. The van der Waals surface area contributed by atoms with Crippen molar-refractivity contribution in [3.8, 4) is 0 Å². The zero-order valence-electron chi connectivity index (χ0n) is 27.4. The van der Waals surface area contributed by atoms with Gasteiger partial charge in [-0.05, 0) is 55.4 Å². The van der Waals surface area contributed by atoms with Crippen LogP contribution in [-0.4, -0.2) is 79.9 Å². The maximum absolute atomic E-state index is 12.2. The molecule has 0 aliphatic carbocycles. The summed E-state index contributed by atoms with van der Waals surface area (Å²) in [7, 11) is -13.7. The predicted molar refractivity (Wildman–Crippen MR) is 164 cm³/mol. The molecular formula is C18H44LaN3O21P4. The fourth-order valence-electron chi connectivity index (χ4n) is 2.47. The standard InChI is InChI=1S/2C9H22O6P2.La.3NO3/c2*1-5-12-16(10,13-6-2)9-17(11,14-7-3)15-8-4;;3*2-1(3)4/h2*5-9H2,1-4H3;;;;/q;;+3;3*-1. The summed E-state index contributed by atoms with van der Waals surface area (Å²) in [5.74, 6) is -0.688. The molecule has 29 heteroatoms. The molecule has 24 nitrogen and oxygen atoms in total. The molecule has 0 radical (unpaired) electrons. The van der Waals surface area contributed by atoms with Gasteiger partial charge in [-0.1, -0.05) is 0 Å². The van der Waals surface area contributed by atoms with Crippen molar-refractivity contribution in [1.29, 1.82) is 0 Å². The second-order valence-corrected chi connectivity index (χ2v) is 16.0. The average Bonchev–Trinajstić information content (AvgIpc) is 2.84. The van der Waals surface area contributed by atoms with Crippen LogP contribution in [0.2, 0.25) is 0 Å². The van der Waals surface area contributed by atoms with Crippen LogP contribution in [0.4, 0.5) is 0 Å². The van der Waals surface area contributed by atoms with Gasteiger partial charge >= 0.3 is 66.0 Å². The molecule has 0 amide bonds.